The van der Waals surface area contributed by atoms with Gasteiger partial charge in [-0.3, -0.25) is 4.79 Å². The van der Waals surface area contributed by atoms with Crippen molar-refractivity contribution in [2.45, 2.75) is 69.9 Å². The van der Waals surface area contributed by atoms with Gasteiger partial charge in [-0.05, 0) is 39.4 Å². The topological polar surface area (TPSA) is 76.7 Å². The summed E-state index contributed by atoms with van der Waals surface area (Å²) < 4.78 is 10.3. The summed E-state index contributed by atoms with van der Waals surface area (Å²) in [6.45, 7) is 7.58. The Morgan fingerprint density at radius 1 is 1.30 bits per heavy atom. The van der Waals surface area contributed by atoms with Crippen molar-refractivity contribution in [3.05, 3.63) is 0 Å². The van der Waals surface area contributed by atoms with Crippen molar-refractivity contribution in [3.63, 3.8) is 0 Å². The summed E-state index contributed by atoms with van der Waals surface area (Å²) in [7, 11) is 1.50. The highest BCUT2D eigenvalue weighted by atomic mass is 32.2. The standard InChI is InChI=1S/C16H30N2O4S/c1-6-23-13-9-7-8-11(13)17-14(19)12(10-21-5)18-15(20)22-16(2,3)4/h11-13H,6-10H2,1-5H3,(H,17,19)(H,18,20)/t11-,12+,13-/m1/s1. The van der Waals surface area contributed by atoms with Crippen molar-refractivity contribution < 1.29 is 19.1 Å². The van der Waals surface area contributed by atoms with Crippen LogP contribution in [0.15, 0.2) is 0 Å². The first-order valence-electron chi connectivity index (χ1n) is 8.17. The number of alkyl carbamates (subject to hydrolysis) is 1. The molecule has 0 radical (unpaired) electrons. The molecule has 0 spiro atoms. The average molecular weight is 346 g/mol. The van der Waals surface area contributed by atoms with Gasteiger partial charge in [0.05, 0.1) is 6.61 Å². The Morgan fingerprint density at radius 3 is 2.57 bits per heavy atom. The smallest absolute Gasteiger partial charge is 0.408 e. The van der Waals surface area contributed by atoms with E-state index in [1.54, 1.807) is 20.8 Å². The molecule has 1 rings (SSSR count). The minimum atomic E-state index is -0.747. The fraction of sp³-hybridized carbons (Fsp3) is 0.875. The molecule has 1 saturated carbocycles. The van der Waals surface area contributed by atoms with E-state index in [9.17, 15) is 9.59 Å². The van der Waals surface area contributed by atoms with Crippen LogP contribution < -0.4 is 10.6 Å². The average Bonchev–Trinajstić information content (AvgIpc) is 2.84. The Kier molecular flexibility index (Phi) is 8.19. The van der Waals surface area contributed by atoms with E-state index in [4.69, 9.17) is 9.47 Å². The van der Waals surface area contributed by atoms with Gasteiger partial charge < -0.3 is 20.1 Å². The summed E-state index contributed by atoms with van der Waals surface area (Å²) in [6, 6.07) is -0.588. The lowest BCUT2D eigenvalue weighted by molar-refractivity contribution is -0.125. The molecule has 2 N–H and O–H groups in total. The first-order valence-corrected chi connectivity index (χ1v) is 9.22. The molecular formula is C16H30N2O4S. The summed E-state index contributed by atoms with van der Waals surface area (Å²) in [6.07, 6.45) is 2.62. The van der Waals surface area contributed by atoms with Crippen LogP contribution in [0.5, 0.6) is 0 Å². The van der Waals surface area contributed by atoms with E-state index < -0.39 is 17.7 Å². The Hall–Kier alpha value is -0.950. The predicted molar refractivity (Wildman–Crippen MR) is 92.7 cm³/mol. The quantitative estimate of drug-likeness (QED) is 0.740. The number of carbonyl (C=O) groups excluding carboxylic acids is 2. The van der Waals surface area contributed by atoms with Crippen molar-refractivity contribution in [2.75, 3.05) is 19.5 Å². The Labute approximate surface area is 143 Å². The third-order valence-corrected chi connectivity index (χ3v) is 4.83. The van der Waals surface area contributed by atoms with E-state index in [0.29, 0.717) is 5.25 Å². The molecule has 0 aromatic heterocycles. The Bertz CT molecular complexity index is 398. The maximum Gasteiger partial charge on any atom is 0.408 e. The zero-order valence-electron chi connectivity index (χ0n) is 14.8. The number of amides is 2. The molecule has 3 atom stereocenters. The van der Waals surface area contributed by atoms with Crippen LogP contribution in [0.2, 0.25) is 0 Å². The molecule has 134 valence electrons. The Morgan fingerprint density at radius 2 is 2.00 bits per heavy atom. The van der Waals surface area contributed by atoms with Gasteiger partial charge in [0, 0.05) is 18.4 Å². The molecule has 1 fully saturated rings. The molecule has 0 aliphatic heterocycles. The van der Waals surface area contributed by atoms with Crippen molar-refractivity contribution in [3.8, 4) is 0 Å². The van der Waals surface area contributed by atoms with Crippen LogP contribution in [0.4, 0.5) is 4.79 Å². The number of hydrogen-bond donors (Lipinski definition) is 2. The number of rotatable bonds is 7. The minimum Gasteiger partial charge on any atom is -0.444 e. The van der Waals surface area contributed by atoms with Crippen molar-refractivity contribution in [1.29, 1.82) is 0 Å². The normalized spacial score (nSPS) is 22.5. The molecule has 1 aliphatic rings. The number of ether oxygens (including phenoxy) is 2. The summed E-state index contributed by atoms with van der Waals surface area (Å²) >= 11 is 1.88. The molecular weight excluding hydrogens is 316 g/mol. The SMILES string of the molecule is CCS[C@@H]1CCC[C@H]1NC(=O)[C@H](COC)NC(=O)OC(C)(C)C. The molecule has 0 aromatic carbocycles. The highest BCUT2D eigenvalue weighted by Crippen LogP contribution is 2.29. The van der Waals surface area contributed by atoms with Gasteiger partial charge in [0.2, 0.25) is 5.91 Å². The lowest BCUT2D eigenvalue weighted by atomic mass is 10.2. The number of carbonyl (C=O) groups is 2. The van der Waals surface area contributed by atoms with Gasteiger partial charge in [-0.25, -0.2) is 4.79 Å². The van der Waals surface area contributed by atoms with Crippen LogP contribution in [0, 0.1) is 0 Å². The molecule has 0 aromatic rings. The van der Waals surface area contributed by atoms with Gasteiger partial charge in [-0.1, -0.05) is 13.3 Å². The van der Waals surface area contributed by atoms with Crippen molar-refractivity contribution in [1.82, 2.24) is 10.6 Å². The zero-order valence-corrected chi connectivity index (χ0v) is 15.6. The van der Waals surface area contributed by atoms with Crippen LogP contribution >= 0.6 is 11.8 Å². The summed E-state index contributed by atoms with van der Waals surface area (Å²) in [4.78, 5) is 24.3. The van der Waals surface area contributed by atoms with Crippen LogP contribution in [-0.4, -0.2) is 54.4 Å². The summed E-state index contributed by atoms with van der Waals surface area (Å²) in [5.74, 6) is 0.820. The van der Waals surface area contributed by atoms with Gasteiger partial charge in [0.25, 0.3) is 0 Å². The Balaban J connectivity index is 2.58. The van der Waals surface area contributed by atoms with Gasteiger partial charge in [-0.15, -0.1) is 0 Å². The van der Waals surface area contributed by atoms with E-state index in [-0.39, 0.29) is 18.6 Å². The third kappa shape index (κ3) is 7.44. The van der Waals surface area contributed by atoms with Crippen molar-refractivity contribution in [2.24, 2.45) is 0 Å². The molecule has 23 heavy (non-hydrogen) atoms. The number of thioether (sulfide) groups is 1. The van der Waals surface area contributed by atoms with E-state index in [1.807, 2.05) is 11.8 Å². The van der Waals surface area contributed by atoms with Crippen LogP contribution in [0.1, 0.15) is 47.0 Å². The van der Waals surface area contributed by atoms with Crippen LogP contribution in [0.25, 0.3) is 0 Å². The van der Waals surface area contributed by atoms with Crippen LogP contribution in [-0.2, 0) is 14.3 Å². The first kappa shape index (κ1) is 20.1. The molecule has 0 unspecified atom stereocenters. The minimum absolute atomic E-state index is 0.114. The second-order valence-electron chi connectivity index (χ2n) is 6.69. The first-order chi connectivity index (χ1) is 10.8. The fourth-order valence-electron chi connectivity index (χ4n) is 2.59. The third-order valence-electron chi connectivity index (χ3n) is 3.50. The summed E-state index contributed by atoms with van der Waals surface area (Å²) in [5.41, 5.74) is -0.605. The van der Waals surface area contributed by atoms with Gasteiger partial charge >= 0.3 is 6.09 Å². The van der Waals surface area contributed by atoms with E-state index in [1.165, 1.54) is 7.11 Å². The molecule has 0 bridgehead atoms. The molecule has 1 aliphatic carbocycles. The zero-order chi connectivity index (χ0) is 17.5. The van der Waals surface area contributed by atoms with Crippen LogP contribution in [0.3, 0.4) is 0 Å². The lowest BCUT2D eigenvalue weighted by Gasteiger charge is -2.25. The maximum absolute atomic E-state index is 12.5. The van der Waals surface area contributed by atoms with Crippen molar-refractivity contribution >= 4 is 23.8 Å². The predicted octanol–water partition coefficient (Wildman–Crippen LogP) is 2.32. The van der Waals surface area contributed by atoms with E-state index >= 15 is 0 Å². The second kappa shape index (κ2) is 9.37. The van der Waals surface area contributed by atoms with Gasteiger partial charge in [0.1, 0.15) is 11.6 Å². The summed E-state index contributed by atoms with van der Waals surface area (Å²) in [5, 5.41) is 6.10. The number of nitrogens with one attached hydrogen (secondary N) is 2. The van der Waals surface area contributed by atoms with E-state index in [0.717, 1.165) is 25.0 Å². The largest absolute Gasteiger partial charge is 0.444 e. The molecule has 2 amide bonds. The maximum atomic E-state index is 12.5. The van der Waals surface area contributed by atoms with Gasteiger partial charge in [-0.2, -0.15) is 11.8 Å². The number of hydrogen-bond acceptors (Lipinski definition) is 5. The van der Waals surface area contributed by atoms with Gasteiger partial charge in [0.15, 0.2) is 0 Å². The van der Waals surface area contributed by atoms with E-state index in [2.05, 4.69) is 17.6 Å². The lowest BCUT2D eigenvalue weighted by Crippen LogP contribution is -2.53. The molecule has 0 heterocycles. The fourth-order valence-corrected chi connectivity index (χ4v) is 3.79. The molecule has 7 heteroatoms. The highest BCUT2D eigenvalue weighted by molar-refractivity contribution is 7.99. The second-order valence-corrected chi connectivity index (χ2v) is 8.21. The molecule has 0 saturated heterocycles. The number of methoxy groups -OCH3 is 1. The molecule has 6 nitrogen and oxygen atoms in total. The monoisotopic (exact) mass is 346 g/mol. The highest BCUT2D eigenvalue weighted by Gasteiger charge is 2.31.